The summed E-state index contributed by atoms with van der Waals surface area (Å²) in [6.07, 6.45) is 7.96. The summed E-state index contributed by atoms with van der Waals surface area (Å²) in [5, 5.41) is 6.27. The first kappa shape index (κ1) is 19.9. The fourth-order valence-corrected chi connectivity index (χ4v) is 3.79. The van der Waals surface area contributed by atoms with Crippen LogP contribution in [-0.4, -0.2) is 35.9 Å². The van der Waals surface area contributed by atoms with Crippen LogP contribution in [-0.2, 0) is 14.3 Å². The van der Waals surface area contributed by atoms with E-state index in [4.69, 9.17) is 4.74 Å². The first-order chi connectivity index (χ1) is 13.5. The lowest BCUT2D eigenvalue weighted by Crippen LogP contribution is -2.42. The van der Waals surface area contributed by atoms with Gasteiger partial charge in [0.25, 0.3) is 0 Å². The third-order valence-electron chi connectivity index (χ3n) is 5.31. The van der Waals surface area contributed by atoms with Gasteiger partial charge in [0.15, 0.2) is 0 Å². The Kier molecular flexibility index (Phi) is 6.34. The molecule has 1 unspecified atom stereocenters. The smallest absolute Gasteiger partial charge is 0.338 e. The lowest BCUT2D eigenvalue weighted by Gasteiger charge is -2.22. The zero-order valence-electron chi connectivity index (χ0n) is 16.3. The van der Waals surface area contributed by atoms with E-state index in [1.165, 1.54) is 26.4 Å². The van der Waals surface area contributed by atoms with Gasteiger partial charge in [0.1, 0.15) is 6.04 Å². The highest BCUT2D eigenvalue weighted by atomic mass is 16.5. The van der Waals surface area contributed by atoms with Crippen LogP contribution in [0.3, 0.4) is 0 Å². The lowest BCUT2D eigenvalue weighted by molar-refractivity contribution is -0.126. The molecule has 1 atom stereocenters. The number of amides is 2. The predicted octanol–water partition coefficient (Wildman–Crippen LogP) is 3.37. The number of benzene rings is 1. The molecule has 0 aliphatic heterocycles. The van der Waals surface area contributed by atoms with Gasteiger partial charge in [-0.15, -0.1) is 0 Å². The Hall–Kier alpha value is -2.83. The molecule has 1 aliphatic carbocycles. The van der Waals surface area contributed by atoms with Crippen molar-refractivity contribution in [1.82, 2.24) is 10.3 Å². The Bertz CT molecular complexity index is 868. The number of hydrogen-bond acceptors (Lipinski definition) is 4. The first-order valence-electron chi connectivity index (χ1n) is 9.77. The van der Waals surface area contributed by atoms with E-state index in [2.05, 4.69) is 15.6 Å². The minimum absolute atomic E-state index is 0.0929. The highest BCUT2D eigenvalue weighted by Crippen LogP contribution is 2.26. The number of hydrogen-bond donors (Lipinski definition) is 3. The van der Waals surface area contributed by atoms with E-state index in [0.29, 0.717) is 29.1 Å². The van der Waals surface area contributed by atoms with Gasteiger partial charge >= 0.3 is 5.97 Å². The largest absolute Gasteiger partial charge is 0.465 e. The Balaban J connectivity index is 1.63. The van der Waals surface area contributed by atoms with Crippen LogP contribution < -0.4 is 10.6 Å². The molecule has 3 N–H and O–H groups in total. The molecular weight excluding hydrogens is 358 g/mol. The molecule has 0 saturated heterocycles. The van der Waals surface area contributed by atoms with Crippen molar-refractivity contribution < 1.29 is 19.1 Å². The molecule has 0 spiro atoms. The van der Waals surface area contributed by atoms with E-state index in [1.807, 2.05) is 0 Å². The summed E-state index contributed by atoms with van der Waals surface area (Å²) in [7, 11) is 1.32. The van der Waals surface area contributed by atoms with Crippen LogP contribution >= 0.6 is 0 Å². The van der Waals surface area contributed by atoms with Crippen molar-refractivity contribution in [3.63, 3.8) is 0 Å². The quantitative estimate of drug-likeness (QED) is 0.664. The molecule has 1 fully saturated rings. The molecule has 1 aromatic carbocycles. The Morgan fingerprint density at radius 2 is 1.96 bits per heavy atom. The summed E-state index contributed by atoms with van der Waals surface area (Å²) in [4.78, 5) is 39.8. The van der Waals surface area contributed by atoms with Crippen LogP contribution in [0.4, 0.5) is 5.69 Å². The summed E-state index contributed by atoms with van der Waals surface area (Å²) in [6.45, 7) is 1.66. The third-order valence-corrected chi connectivity index (χ3v) is 5.31. The maximum atomic E-state index is 12.5. The van der Waals surface area contributed by atoms with Crippen LogP contribution in [0.15, 0.2) is 24.4 Å². The number of fused-ring (bicyclic) bond motifs is 1. The normalized spacial score (nSPS) is 15.8. The van der Waals surface area contributed by atoms with E-state index in [0.717, 1.165) is 18.2 Å². The molecule has 3 rings (SSSR count). The molecular formula is C21H27N3O4. The summed E-state index contributed by atoms with van der Waals surface area (Å²) < 4.78 is 4.82. The zero-order chi connectivity index (χ0) is 20.1. The number of carbonyl (C=O) groups excluding carboxylic acids is 3. The van der Waals surface area contributed by atoms with Gasteiger partial charge in [-0.05, 0) is 43.9 Å². The van der Waals surface area contributed by atoms with Crippen molar-refractivity contribution in [3.05, 3.63) is 30.0 Å². The van der Waals surface area contributed by atoms with E-state index in [9.17, 15) is 14.4 Å². The number of methoxy groups -OCH3 is 1. The van der Waals surface area contributed by atoms with Crippen molar-refractivity contribution in [1.29, 1.82) is 0 Å². The molecule has 2 amide bonds. The first-order valence-corrected chi connectivity index (χ1v) is 9.77. The van der Waals surface area contributed by atoms with E-state index in [1.54, 1.807) is 31.3 Å². The standard InChI is InChI=1S/C21H27N3O4/c1-13(23-19(25)10-14-6-4-3-5-7-14)20(26)24-15-11-17(21(27)28-2)16-8-9-22-18(16)12-15/h8-9,11-14,22H,3-7,10H2,1-2H3,(H,23,25)(H,24,26). The van der Waals surface area contributed by atoms with Gasteiger partial charge in [0.2, 0.25) is 11.8 Å². The fraction of sp³-hybridized carbons (Fsp3) is 0.476. The van der Waals surface area contributed by atoms with Crippen molar-refractivity contribution in [2.45, 2.75) is 51.5 Å². The van der Waals surface area contributed by atoms with E-state index >= 15 is 0 Å². The number of aromatic nitrogens is 1. The second-order valence-electron chi connectivity index (χ2n) is 7.44. The van der Waals surface area contributed by atoms with Gasteiger partial charge in [-0.25, -0.2) is 4.79 Å². The van der Waals surface area contributed by atoms with Crippen LogP contribution in [0.2, 0.25) is 0 Å². The van der Waals surface area contributed by atoms with Gasteiger partial charge in [0.05, 0.1) is 12.7 Å². The second kappa shape index (κ2) is 8.91. The number of anilines is 1. The molecule has 2 aromatic rings. The van der Waals surface area contributed by atoms with Crippen molar-refractivity contribution in [2.75, 3.05) is 12.4 Å². The van der Waals surface area contributed by atoms with Crippen LogP contribution in [0.1, 0.15) is 55.8 Å². The van der Waals surface area contributed by atoms with Crippen LogP contribution in [0.5, 0.6) is 0 Å². The van der Waals surface area contributed by atoms with E-state index < -0.39 is 12.0 Å². The number of H-pyrrole nitrogens is 1. The van der Waals surface area contributed by atoms with Crippen molar-refractivity contribution >= 4 is 34.4 Å². The number of rotatable bonds is 6. The number of aromatic amines is 1. The molecule has 1 aliphatic rings. The maximum absolute atomic E-state index is 12.5. The molecule has 1 saturated carbocycles. The van der Waals surface area contributed by atoms with Gasteiger partial charge in [-0.1, -0.05) is 19.3 Å². The summed E-state index contributed by atoms with van der Waals surface area (Å²) in [5.74, 6) is -0.486. The molecule has 0 radical (unpaired) electrons. The SMILES string of the molecule is COC(=O)c1cc(NC(=O)C(C)NC(=O)CC2CCCCC2)cc2[nH]ccc12. The molecule has 1 heterocycles. The second-order valence-corrected chi connectivity index (χ2v) is 7.44. The molecule has 7 heteroatoms. The van der Waals surface area contributed by atoms with Crippen LogP contribution in [0, 0.1) is 5.92 Å². The molecule has 1 aromatic heterocycles. The Morgan fingerprint density at radius 3 is 2.68 bits per heavy atom. The van der Waals surface area contributed by atoms with Gasteiger partial charge in [-0.2, -0.15) is 0 Å². The maximum Gasteiger partial charge on any atom is 0.338 e. The molecule has 28 heavy (non-hydrogen) atoms. The highest BCUT2D eigenvalue weighted by Gasteiger charge is 2.21. The summed E-state index contributed by atoms with van der Waals surface area (Å²) in [5.41, 5.74) is 1.55. The fourth-order valence-electron chi connectivity index (χ4n) is 3.79. The number of ether oxygens (including phenoxy) is 1. The lowest BCUT2D eigenvalue weighted by atomic mass is 9.87. The predicted molar refractivity (Wildman–Crippen MR) is 107 cm³/mol. The number of carbonyl (C=O) groups is 3. The number of nitrogens with one attached hydrogen (secondary N) is 3. The van der Waals surface area contributed by atoms with Gasteiger partial charge < -0.3 is 20.4 Å². The van der Waals surface area contributed by atoms with Crippen LogP contribution in [0.25, 0.3) is 10.9 Å². The summed E-state index contributed by atoms with van der Waals surface area (Å²) >= 11 is 0. The highest BCUT2D eigenvalue weighted by molar-refractivity contribution is 6.07. The third kappa shape index (κ3) is 4.71. The van der Waals surface area contributed by atoms with Crippen molar-refractivity contribution in [2.24, 2.45) is 5.92 Å². The molecule has 0 bridgehead atoms. The average molecular weight is 385 g/mol. The number of esters is 1. The monoisotopic (exact) mass is 385 g/mol. The molecule has 150 valence electrons. The average Bonchev–Trinajstić information content (AvgIpc) is 3.15. The minimum Gasteiger partial charge on any atom is -0.465 e. The minimum atomic E-state index is -0.669. The van der Waals surface area contributed by atoms with Gasteiger partial charge in [-0.3, -0.25) is 9.59 Å². The van der Waals surface area contributed by atoms with Gasteiger partial charge in [0, 0.05) is 29.2 Å². The van der Waals surface area contributed by atoms with E-state index in [-0.39, 0.29) is 11.8 Å². The molecule has 7 nitrogen and oxygen atoms in total. The zero-order valence-corrected chi connectivity index (χ0v) is 16.3. The van der Waals surface area contributed by atoms with Crippen molar-refractivity contribution in [3.8, 4) is 0 Å². The Labute approximate surface area is 164 Å². The summed E-state index contributed by atoms with van der Waals surface area (Å²) in [6, 6.07) is 4.44. The topological polar surface area (TPSA) is 100 Å². The Morgan fingerprint density at radius 1 is 1.21 bits per heavy atom.